The minimum Gasteiger partial charge on any atom is -0.508 e. The number of likely N-dealkylation sites (tertiary alicyclic amines) is 1. The van der Waals surface area contributed by atoms with Crippen molar-refractivity contribution >= 4 is 0 Å². The first-order valence-corrected chi connectivity index (χ1v) is 6.39. The van der Waals surface area contributed by atoms with Crippen molar-refractivity contribution in [3.8, 4) is 5.75 Å². The Hall–Kier alpha value is -1.06. The van der Waals surface area contributed by atoms with Gasteiger partial charge in [-0.25, -0.2) is 0 Å². The fourth-order valence-electron chi connectivity index (χ4n) is 2.46. The maximum Gasteiger partial charge on any atom is 0.115 e. The van der Waals surface area contributed by atoms with Crippen LogP contribution in [0.4, 0.5) is 0 Å². The van der Waals surface area contributed by atoms with Crippen LogP contribution in [0.5, 0.6) is 5.75 Å². The molecule has 1 heterocycles. The van der Waals surface area contributed by atoms with Gasteiger partial charge in [0.15, 0.2) is 0 Å². The van der Waals surface area contributed by atoms with Crippen molar-refractivity contribution in [1.82, 2.24) is 10.2 Å². The Morgan fingerprint density at radius 3 is 3.00 bits per heavy atom. The van der Waals surface area contributed by atoms with E-state index in [2.05, 4.69) is 30.3 Å². The average Bonchev–Trinajstić information content (AvgIpc) is 2.72. The molecule has 1 aromatic carbocycles. The average molecular weight is 234 g/mol. The Morgan fingerprint density at radius 2 is 2.35 bits per heavy atom. The summed E-state index contributed by atoms with van der Waals surface area (Å²) in [5, 5.41) is 13.0. The third-order valence-corrected chi connectivity index (χ3v) is 3.70. The summed E-state index contributed by atoms with van der Waals surface area (Å²) in [4.78, 5) is 2.42. The summed E-state index contributed by atoms with van der Waals surface area (Å²) < 4.78 is 0. The molecule has 17 heavy (non-hydrogen) atoms. The fourth-order valence-corrected chi connectivity index (χ4v) is 2.46. The van der Waals surface area contributed by atoms with Crippen LogP contribution in [0, 0.1) is 0 Å². The smallest absolute Gasteiger partial charge is 0.115 e. The van der Waals surface area contributed by atoms with Gasteiger partial charge >= 0.3 is 0 Å². The maximum absolute atomic E-state index is 9.45. The van der Waals surface area contributed by atoms with Crippen molar-refractivity contribution < 1.29 is 5.11 Å². The van der Waals surface area contributed by atoms with Gasteiger partial charge in [0.25, 0.3) is 0 Å². The number of phenols is 1. The Balaban J connectivity index is 1.86. The first-order valence-electron chi connectivity index (χ1n) is 6.39. The first-order chi connectivity index (χ1) is 8.16. The molecule has 0 aliphatic carbocycles. The maximum atomic E-state index is 9.45. The number of benzene rings is 1. The SMILES string of the molecule is CC(NCC1CCCN1C)c1cccc(O)c1. The van der Waals surface area contributed by atoms with Crippen LogP contribution >= 0.6 is 0 Å². The number of rotatable bonds is 4. The van der Waals surface area contributed by atoms with E-state index >= 15 is 0 Å². The number of aromatic hydroxyl groups is 1. The molecule has 3 heteroatoms. The van der Waals surface area contributed by atoms with Gasteiger partial charge in [0.05, 0.1) is 0 Å². The quantitative estimate of drug-likeness (QED) is 0.838. The van der Waals surface area contributed by atoms with Crippen LogP contribution < -0.4 is 5.32 Å². The van der Waals surface area contributed by atoms with Gasteiger partial charge in [0.1, 0.15) is 5.75 Å². The molecule has 2 unspecified atom stereocenters. The van der Waals surface area contributed by atoms with Crippen molar-refractivity contribution in [3.05, 3.63) is 29.8 Å². The third-order valence-electron chi connectivity index (χ3n) is 3.70. The summed E-state index contributed by atoms with van der Waals surface area (Å²) in [6, 6.07) is 8.43. The molecule has 0 bridgehead atoms. The Kier molecular flexibility index (Phi) is 4.02. The van der Waals surface area contributed by atoms with Crippen LogP contribution in [-0.2, 0) is 0 Å². The molecular weight excluding hydrogens is 212 g/mol. The summed E-state index contributed by atoms with van der Waals surface area (Å²) in [5.74, 6) is 0.342. The molecule has 2 rings (SSSR count). The Bertz CT molecular complexity index is 367. The normalized spacial score (nSPS) is 22.8. The van der Waals surface area contributed by atoms with Crippen LogP contribution in [0.2, 0.25) is 0 Å². The van der Waals surface area contributed by atoms with E-state index in [-0.39, 0.29) is 6.04 Å². The van der Waals surface area contributed by atoms with Crippen LogP contribution in [0.25, 0.3) is 0 Å². The van der Waals surface area contributed by atoms with Gasteiger partial charge in [-0.05, 0) is 51.1 Å². The Labute approximate surface area is 103 Å². The zero-order valence-corrected chi connectivity index (χ0v) is 10.7. The van der Waals surface area contributed by atoms with Gasteiger partial charge in [-0.3, -0.25) is 0 Å². The van der Waals surface area contributed by atoms with Gasteiger partial charge in [-0.2, -0.15) is 0 Å². The van der Waals surface area contributed by atoms with E-state index in [1.165, 1.54) is 19.4 Å². The van der Waals surface area contributed by atoms with Crippen molar-refractivity contribution in [3.63, 3.8) is 0 Å². The summed E-state index contributed by atoms with van der Waals surface area (Å²) >= 11 is 0. The summed E-state index contributed by atoms with van der Waals surface area (Å²) in [5.41, 5.74) is 1.14. The molecule has 0 spiro atoms. The number of hydrogen-bond donors (Lipinski definition) is 2. The number of nitrogens with zero attached hydrogens (tertiary/aromatic N) is 1. The molecule has 1 saturated heterocycles. The lowest BCUT2D eigenvalue weighted by molar-refractivity contribution is 0.293. The minimum atomic E-state index is 0.288. The lowest BCUT2D eigenvalue weighted by Gasteiger charge is -2.22. The zero-order valence-electron chi connectivity index (χ0n) is 10.7. The van der Waals surface area contributed by atoms with Crippen LogP contribution in [0.1, 0.15) is 31.4 Å². The molecule has 0 aromatic heterocycles. The molecule has 1 aliphatic rings. The molecule has 1 fully saturated rings. The molecule has 0 saturated carbocycles. The van der Waals surface area contributed by atoms with Gasteiger partial charge < -0.3 is 15.3 Å². The molecule has 0 amide bonds. The second-order valence-corrected chi connectivity index (χ2v) is 5.00. The summed E-state index contributed by atoms with van der Waals surface area (Å²) in [7, 11) is 2.19. The molecule has 3 nitrogen and oxygen atoms in total. The molecule has 2 atom stereocenters. The Morgan fingerprint density at radius 1 is 1.53 bits per heavy atom. The number of likely N-dealkylation sites (N-methyl/N-ethyl adjacent to an activating group) is 1. The summed E-state index contributed by atoms with van der Waals surface area (Å²) in [6.07, 6.45) is 2.60. The highest BCUT2D eigenvalue weighted by molar-refractivity contribution is 5.29. The predicted molar refractivity (Wildman–Crippen MR) is 70.2 cm³/mol. The molecule has 1 aliphatic heterocycles. The molecule has 94 valence electrons. The van der Waals surface area contributed by atoms with Crippen molar-refractivity contribution in [1.29, 1.82) is 0 Å². The minimum absolute atomic E-state index is 0.288. The van der Waals surface area contributed by atoms with E-state index in [1.54, 1.807) is 6.07 Å². The molecule has 2 N–H and O–H groups in total. The van der Waals surface area contributed by atoms with E-state index in [4.69, 9.17) is 0 Å². The summed E-state index contributed by atoms with van der Waals surface area (Å²) in [6.45, 7) is 4.38. The van der Waals surface area contributed by atoms with Gasteiger partial charge in [0.2, 0.25) is 0 Å². The van der Waals surface area contributed by atoms with Crippen molar-refractivity contribution in [2.75, 3.05) is 20.1 Å². The van der Waals surface area contributed by atoms with E-state index in [0.717, 1.165) is 12.1 Å². The largest absolute Gasteiger partial charge is 0.508 e. The van der Waals surface area contributed by atoms with E-state index in [1.807, 2.05) is 12.1 Å². The molecule has 0 radical (unpaired) electrons. The predicted octanol–water partition coefficient (Wildman–Crippen LogP) is 2.14. The lowest BCUT2D eigenvalue weighted by Crippen LogP contribution is -2.36. The van der Waals surface area contributed by atoms with Crippen molar-refractivity contribution in [2.24, 2.45) is 0 Å². The third kappa shape index (κ3) is 3.20. The number of phenolic OH excluding ortho intramolecular Hbond substituents is 1. The topological polar surface area (TPSA) is 35.5 Å². The highest BCUT2D eigenvalue weighted by Crippen LogP contribution is 2.19. The molecular formula is C14H22N2O. The number of nitrogens with one attached hydrogen (secondary N) is 1. The van der Waals surface area contributed by atoms with E-state index in [0.29, 0.717) is 11.8 Å². The monoisotopic (exact) mass is 234 g/mol. The van der Waals surface area contributed by atoms with E-state index in [9.17, 15) is 5.11 Å². The highest BCUT2D eigenvalue weighted by atomic mass is 16.3. The highest BCUT2D eigenvalue weighted by Gasteiger charge is 2.20. The van der Waals surface area contributed by atoms with Gasteiger partial charge in [0, 0.05) is 18.6 Å². The van der Waals surface area contributed by atoms with Gasteiger partial charge in [-0.1, -0.05) is 12.1 Å². The number of hydrogen-bond acceptors (Lipinski definition) is 3. The fraction of sp³-hybridized carbons (Fsp3) is 0.571. The van der Waals surface area contributed by atoms with Crippen LogP contribution in [0.3, 0.4) is 0 Å². The second-order valence-electron chi connectivity index (χ2n) is 5.00. The van der Waals surface area contributed by atoms with Crippen LogP contribution in [0.15, 0.2) is 24.3 Å². The van der Waals surface area contributed by atoms with Crippen molar-refractivity contribution in [2.45, 2.75) is 31.8 Å². The second kappa shape index (κ2) is 5.52. The first kappa shape index (κ1) is 12.4. The zero-order chi connectivity index (χ0) is 12.3. The van der Waals surface area contributed by atoms with Gasteiger partial charge in [-0.15, -0.1) is 0 Å². The van der Waals surface area contributed by atoms with Crippen LogP contribution in [-0.4, -0.2) is 36.2 Å². The lowest BCUT2D eigenvalue weighted by atomic mass is 10.1. The molecule has 1 aromatic rings. The standard InChI is InChI=1S/C14H22N2O/c1-11(12-5-3-7-14(17)9-12)15-10-13-6-4-8-16(13)2/h3,5,7,9,11,13,15,17H,4,6,8,10H2,1-2H3. The van der Waals surface area contributed by atoms with E-state index < -0.39 is 0 Å².